The second kappa shape index (κ2) is 7.97. The summed E-state index contributed by atoms with van der Waals surface area (Å²) in [6.45, 7) is 0.183. The Labute approximate surface area is 180 Å². The molecule has 0 fully saturated rings. The molecule has 1 amide bonds. The van der Waals surface area contributed by atoms with E-state index in [0.717, 1.165) is 9.87 Å². The molecule has 0 saturated carbocycles. The van der Waals surface area contributed by atoms with Crippen molar-refractivity contribution in [1.29, 1.82) is 0 Å². The zero-order chi connectivity index (χ0) is 21.3. The Morgan fingerprint density at radius 1 is 0.933 bits per heavy atom. The monoisotopic (exact) mass is 438 g/mol. The van der Waals surface area contributed by atoms with Crippen LogP contribution in [0, 0.1) is 0 Å². The first-order valence-corrected chi connectivity index (χ1v) is 11.1. The fourth-order valence-corrected chi connectivity index (χ4v) is 5.07. The summed E-state index contributed by atoms with van der Waals surface area (Å²) in [5.41, 5.74) is 3.11. The lowest BCUT2D eigenvalue weighted by Gasteiger charge is -2.30. The summed E-state index contributed by atoms with van der Waals surface area (Å²) in [4.78, 5) is 12.9. The van der Waals surface area contributed by atoms with Gasteiger partial charge in [0, 0.05) is 29.8 Å². The van der Waals surface area contributed by atoms with Crippen molar-refractivity contribution in [3.8, 4) is 0 Å². The predicted molar refractivity (Wildman–Crippen MR) is 120 cm³/mol. The van der Waals surface area contributed by atoms with E-state index < -0.39 is 15.9 Å². The molecule has 1 aliphatic heterocycles. The number of hydrogen-bond acceptors (Lipinski definition) is 3. The molecule has 0 spiro atoms. The molecule has 0 bridgehead atoms. The maximum atomic E-state index is 13.3. The zero-order valence-electron chi connectivity index (χ0n) is 16.2. The molecule has 3 aromatic rings. The molecule has 0 aromatic heterocycles. The molecular weight excluding hydrogens is 420 g/mol. The average Bonchev–Trinajstić information content (AvgIpc) is 2.76. The summed E-state index contributed by atoms with van der Waals surface area (Å²) >= 11 is 5.90. The van der Waals surface area contributed by atoms with Crippen molar-refractivity contribution in [1.82, 2.24) is 5.32 Å². The highest BCUT2D eigenvalue weighted by molar-refractivity contribution is 7.97. The SMILES string of the molecule is CN1c2ccccc2C(c2ccccc2)=C(C(=O)NCc2ccc(Cl)cc2)S1(=O)=O. The first-order chi connectivity index (χ1) is 14.4. The molecule has 30 heavy (non-hydrogen) atoms. The average molecular weight is 439 g/mol. The molecule has 0 radical (unpaired) electrons. The standard InChI is InChI=1S/C23H19ClN2O3S/c1-26-20-10-6-5-9-19(20)21(17-7-3-2-4-8-17)22(30(26,28)29)23(27)25-15-16-11-13-18(24)14-12-16/h2-14H,15H2,1H3,(H,25,27). The number of nitrogens with one attached hydrogen (secondary N) is 1. The van der Waals surface area contributed by atoms with E-state index >= 15 is 0 Å². The van der Waals surface area contributed by atoms with E-state index in [1.165, 1.54) is 7.05 Å². The summed E-state index contributed by atoms with van der Waals surface area (Å²) in [5.74, 6) is -0.648. The van der Waals surface area contributed by atoms with Crippen molar-refractivity contribution >= 4 is 38.8 Å². The number of carbonyl (C=O) groups excluding carboxylic acids is 1. The Morgan fingerprint density at radius 2 is 1.57 bits per heavy atom. The largest absolute Gasteiger partial charge is 0.347 e. The number of sulfonamides is 1. The summed E-state index contributed by atoms with van der Waals surface area (Å²) in [5, 5.41) is 3.34. The first kappa shape index (κ1) is 20.2. The van der Waals surface area contributed by atoms with Gasteiger partial charge in [-0.3, -0.25) is 9.10 Å². The van der Waals surface area contributed by atoms with Crippen molar-refractivity contribution in [3.05, 3.63) is 105 Å². The molecule has 5 nitrogen and oxygen atoms in total. The van der Waals surface area contributed by atoms with Crippen LogP contribution < -0.4 is 9.62 Å². The normalized spacial score (nSPS) is 14.9. The second-order valence-corrected chi connectivity index (χ2v) is 9.21. The van der Waals surface area contributed by atoms with Crippen molar-refractivity contribution in [2.45, 2.75) is 6.54 Å². The highest BCUT2D eigenvalue weighted by Crippen LogP contribution is 2.41. The summed E-state index contributed by atoms with van der Waals surface area (Å²) in [6, 6.07) is 23.3. The fourth-order valence-electron chi connectivity index (χ4n) is 3.46. The number of carbonyl (C=O) groups is 1. The minimum atomic E-state index is -4.04. The quantitative estimate of drug-likeness (QED) is 0.664. The van der Waals surface area contributed by atoms with Crippen molar-refractivity contribution in [2.24, 2.45) is 0 Å². The molecule has 0 atom stereocenters. The van der Waals surface area contributed by atoms with E-state index in [4.69, 9.17) is 11.6 Å². The topological polar surface area (TPSA) is 66.5 Å². The highest BCUT2D eigenvalue weighted by atomic mass is 35.5. The van der Waals surface area contributed by atoms with Gasteiger partial charge in [0.25, 0.3) is 15.9 Å². The van der Waals surface area contributed by atoms with Gasteiger partial charge in [0.15, 0.2) is 4.91 Å². The third kappa shape index (κ3) is 3.60. The van der Waals surface area contributed by atoms with Crippen LogP contribution in [0.15, 0.2) is 83.8 Å². The van der Waals surface area contributed by atoms with Gasteiger partial charge in [-0.2, -0.15) is 0 Å². The van der Waals surface area contributed by atoms with Crippen LogP contribution in [0.4, 0.5) is 5.69 Å². The van der Waals surface area contributed by atoms with Crippen LogP contribution in [0.1, 0.15) is 16.7 Å². The Balaban J connectivity index is 1.84. The van der Waals surface area contributed by atoms with Gasteiger partial charge in [-0.15, -0.1) is 0 Å². The van der Waals surface area contributed by atoms with Crippen molar-refractivity contribution in [2.75, 3.05) is 11.4 Å². The predicted octanol–water partition coefficient (Wildman–Crippen LogP) is 4.20. The number of halogens is 1. The number of hydrogen-bond donors (Lipinski definition) is 1. The van der Waals surface area contributed by atoms with E-state index in [9.17, 15) is 13.2 Å². The molecule has 0 aliphatic carbocycles. The number of anilines is 1. The molecule has 4 rings (SSSR count). The van der Waals surface area contributed by atoms with Crippen LogP contribution in [0.3, 0.4) is 0 Å². The number of para-hydroxylation sites is 1. The van der Waals surface area contributed by atoms with Gasteiger partial charge in [-0.1, -0.05) is 72.3 Å². The molecular formula is C23H19ClN2O3S. The molecule has 152 valence electrons. The van der Waals surface area contributed by atoms with Crippen LogP contribution in [-0.4, -0.2) is 21.4 Å². The maximum absolute atomic E-state index is 13.3. The molecule has 1 N–H and O–H groups in total. The summed E-state index contributed by atoms with van der Waals surface area (Å²) < 4.78 is 27.9. The van der Waals surface area contributed by atoms with Gasteiger partial charge in [0.1, 0.15) is 0 Å². The Kier molecular flexibility index (Phi) is 5.37. The molecule has 0 saturated heterocycles. The molecule has 3 aromatic carbocycles. The van der Waals surface area contributed by atoms with E-state index in [1.807, 2.05) is 30.3 Å². The summed E-state index contributed by atoms with van der Waals surface area (Å²) in [7, 11) is -2.58. The smallest absolute Gasteiger partial charge is 0.270 e. The number of rotatable bonds is 4. The number of benzene rings is 3. The van der Waals surface area contributed by atoms with E-state index in [0.29, 0.717) is 27.4 Å². The first-order valence-electron chi connectivity index (χ1n) is 9.30. The van der Waals surface area contributed by atoms with Crippen LogP contribution in [0.2, 0.25) is 5.02 Å². The Bertz CT molecular complexity index is 1240. The number of nitrogens with zero attached hydrogens (tertiary/aromatic N) is 1. The number of fused-ring (bicyclic) bond motifs is 1. The maximum Gasteiger partial charge on any atom is 0.270 e. The molecule has 7 heteroatoms. The lowest BCUT2D eigenvalue weighted by molar-refractivity contribution is -0.116. The van der Waals surface area contributed by atoms with E-state index in [-0.39, 0.29) is 11.4 Å². The zero-order valence-corrected chi connectivity index (χ0v) is 17.7. The van der Waals surface area contributed by atoms with Gasteiger partial charge >= 0.3 is 0 Å². The van der Waals surface area contributed by atoms with Gasteiger partial charge in [0.05, 0.1) is 5.69 Å². The lowest BCUT2D eigenvalue weighted by atomic mass is 9.95. The minimum absolute atomic E-state index is 0.183. The second-order valence-electron chi connectivity index (χ2n) is 6.87. The third-order valence-corrected chi connectivity index (χ3v) is 7.07. The van der Waals surface area contributed by atoms with Crippen LogP contribution in [0.25, 0.3) is 5.57 Å². The highest BCUT2D eigenvalue weighted by Gasteiger charge is 2.39. The van der Waals surface area contributed by atoms with E-state index in [1.54, 1.807) is 48.5 Å². The Morgan fingerprint density at radius 3 is 2.27 bits per heavy atom. The number of amides is 1. The molecule has 1 heterocycles. The minimum Gasteiger partial charge on any atom is -0.347 e. The third-order valence-electron chi connectivity index (χ3n) is 4.99. The van der Waals surface area contributed by atoms with Crippen molar-refractivity contribution < 1.29 is 13.2 Å². The van der Waals surface area contributed by atoms with Gasteiger partial charge < -0.3 is 5.32 Å². The Hall–Kier alpha value is -3.09. The van der Waals surface area contributed by atoms with E-state index in [2.05, 4.69) is 5.32 Å². The van der Waals surface area contributed by atoms with Crippen molar-refractivity contribution in [3.63, 3.8) is 0 Å². The van der Waals surface area contributed by atoms with Crippen LogP contribution >= 0.6 is 11.6 Å². The fraction of sp³-hybridized carbons (Fsp3) is 0.0870. The molecule has 1 aliphatic rings. The van der Waals surface area contributed by atoms with Crippen LogP contribution in [-0.2, 0) is 21.4 Å². The van der Waals surface area contributed by atoms with Crippen LogP contribution in [0.5, 0.6) is 0 Å². The molecule has 0 unspecified atom stereocenters. The summed E-state index contributed by atoms with van der Waals surface area (Å²) in [6.07, 6.45) is 0. The lowest BCUT2D eigenvalue weighted by Crippen LogP contribution is -2.39. The van der Waals surface area contributed by atoms with Gasteiger partial charge in [-0.25, -0.2) is 8.42 Å². The van der Waals surface area contributed by atoms with Gasteiger partial charge in [-0.05, 0) is 29.3 Å². The van der Waals surface area contributed by atoms with Gasteiger partial charge in [0.2, 0.25) is 0 Å².